The molecule has 3 aliphatic rings. The van der Waals surface area contributed by atoms with E-state index in [0.29, 0.717) is 42.2 Å². The lowest BCUT2D eigenvalue weighted by atomic mass is 9.74. The first-order chi connectivity index (χ1) is 18.4. The summed E-state index contributed by atoms with van der Waals surface area (Å²) in [5, 5.41) is 2.98. The number of benzene rings is 2. The normalized spacial score (nSPS) is 17.8. The van der Waals surface area contributed by atoms with Crippen molar-refractivity contribution in [2.45, 2.75) is 38.0 Å². The molecule has 0 saturated carbocycles. The van der Waals surface area contributed by atoms with Gasteiger partial charge in [0.25, 0.3) is 11.8 Å². The van der Waals surface area contributed by atoms with E-state index >= 15 is 0 Å². The molecule has 6 rings (SSSR count). The monoisotopic (exact) mass is 511 g/mol. The number of likely N-dealkylation sites (tertiary alicyclic amines) is 1. The lowest BCUT2D eigenvalue weighted by Crippen LogP contribution is -2.46. The van der Waals surface area contributed by atoms with E-state index < -0.39 is 0 Å². The number of hydrogen-bond acceptors (Lipinski definition) is 6. The summed E-state index contributed by atoms with van der Waals surface area (Å²) in [5.41, 5.74) is 10.3. The number of rotatable bonds is 4. The highest BCUT2D eigenvalue weighted by Gasteiger charge is 2.43. The van der Waals surface area contributed by atoms with E-state index in [-0.39, 0.29) is 17.2 Å². The Kier molecular flexibility index (Phi) is 6.18. The average Bonchev–Trinajstić information content (AvgIpc) is 3.59. The minimum absolute atomic E-state index is 0.0246. The van der Waals surface area contributed by atoms with Crippen molar-refractivity contribution in [2.75, 3.05) is 48.7 Å². The Morgan fingerprint density at radius 1 is 0.974 bits per heavy atom. The lowest BCUT2D eigenvalue weighted by Gasteiger charge is -2.38. The number of hydrogen-bond donors (Lipinski definition) is 2. The van der Waals surface area contributed by atoms with E-state index in [2.05, 4.69) is 21.3 Å². The standard InChI is InChI=1S/C30H33N5O3/c1-20-4-5-21(16-25(20)33-28(36)22-6-9-27(32-18-22)34-12-2-3-13-34)29(37)35-14-10-30(11-15-35)19-38-26-17-23(31)7-8-24(26)30/h4-9,16-18H,2-3,10-15,19,31H2,1H3,(H,33,36). The molecular formula is C30H33N5O3. The van der Waals surface area contributed by atoms with Gasteiger partial charge in [0, 0.05) is 66.4 Å². The Balaban J connectivity index is 1.12. The molecule has 3 aromatic rings. The van der Waals surface area contributed by atoms with Gasteiger partial charge in [-0.1, -0.05) is 12.1 Å². The molecule has 0 atom stereocenters. The van der Waals surface area contributed by atoms with Gasteiger partial charge in [0.2, 0.25) is 0 Å². The Morgan fingerprint density at radius 3 is 2.47 bits per heavy atom. The molecule has 2 fully saturated rings. The first-order valence-corrected chi connectivity index (χ1v) is 13.4. The topological polar surface area (TPSA) is 101 Å². The molecule has 1 aromatic heterocycles. The van der Waals surface area contributed by atoms with Crippen molar-refractivity contribution >= 4 is 29.0 Å². The summed E-state index contributed by atoms with van der Waals surface area (Å²) in [6, 6.07) is 15.1. The average molecular weight is 512 g/mol. The highest BCUT2D eigenvalue weighted by Crippen LogP contribution is 2.46. The van der Waals surface area contributed by atoms with Crippen LogP contribution in [0.3, 0.4) is 0 Å². The molecule has 0 unspecified atom stereocenters. The molecule has 4 heterocycles. The van der Waals surface area contributed by atoms with Crippen molar-refractivity contribution in [3.63, 3.8) is 0 Å². The smallest absolute Gasteiger partial charge is 0.257 e. The predicted octanol–water partition coefficient (Wildman–Crippen LogP) is 4.39. The number of anilines is 3. The first kappa shape index (κ1) is 24.3. The molecule has 0 radical (unpaired) electrons. The third-order valence-electron chi connectivity index (χ3n) is 8.26. The number of nitrogens with one attached hydrogen (secondary N) is 1. The van der Waals surface area contributed by atoms with Gasteiger partial charge in [-0.05, 0) is 68.5 Å². The zero-order valence-corrected chi connectivity index (χ0v) is 21.7. The number of piperidine rings is 1. The van der Waals surface area contributed by atoms with Gasteiger partial charge in [0.15, 0.2) is 0 Å². The molecule has 3 aliphatic heterocycles. The summed E-state index contributed by atoms with van der Waals surface area (Å²) in [5.74, 6) is 1.51. The summed E-state index contributed by atoms with van der Waals surface area (Å²) < 4.78 is 5.96. The largest absolute Gasteiger partial charge is 0.492 e. The number of ether oxygens (including phenoxy) is 1. The number of amides is 2. The van der Waals surface area contributed by atoms with Crippen LogP contribution >= 0.6 is 0 Å². The SMILES string of the molecule is Cc1ccc(C(=O)N2CCC3(CC2)COc2cc(N)ccc23)cc1NC(=O)c1ccc(N2CCCC2)nc1. The van der Waals surface area contributed by atoms with Crippen LogP contribution in [0.2, 0.25) is 0 Å². The Labute approximate surface area is 222 Å². The van der Waals surface area contributed by atoms with Crippen LogP contribution in [0.25, 0.3) is 0 Å². The van der Waals surface area contributed by atoms with E-state index in [1.54, 1.807) is 12.3 Å². The molecule has 2 saturated heterocycles. The van der Waals surface area contributed by atoms with E-state index in [0.717, 1.165) is 43.1 Å². The second-order valence-corrected chi connectivity index (χ2v) is 10.7. The second kappa shape index (κ2) is 9.67. The fourth-order valence-electron chi connectivity index (χ4n) is 5.86. The number of carbonyl (C=O) groups excluding carboxylic acids is 2. The molecule has 1 spiro atoms. The zero-order valence-electron chi connectivity index (χ0n) is 21.7. The Morgan fingerprint density at radius 2 is 1.74 bits per heavy atom. The summed E-state index contributed by atoms with van der Waals surface area (Å²) in [7, 11) is 0. The highest BCUT2D eigenvalue weighted by atomic mass is 16.5. The lowest BCUT2D eigenvalue weighted by molar-refractivity contribution is 0.0646. The van der Waals surface area contributed by atoms with Crippen LogP contribution in [0, 0.1) is 6.92 Å². The minimum atomic E-state index is -0.237. The van der Waals surface area contributed by atoms with E-state index in [9.17, 15) is 9.59 Å². The number of nitrogens with two attached hydrogens (primary N) is 1. The number of carbonyl (C=O) groups is 2. The molecule has 0 bridgehead atoms. The van der Waals surface area contributed by atoms with Crippen molar-refractivity contribution in [3.8, 4) is 5.75 Å². The highest BCUT2D eigenvalue weighted by molar-refractivity contribution is 6.05. The number of fused-ring (bicyclic) bond motifs is 2. The number of aryl methyl sites for hydroxylation is 1. The summed E-state index contributed by atoms with van der Waals surface area (Å²) in [6.45, 7) is 5.86. The van der Waals surface area contributed by atoms with Crippen LogP contribution < -0.4 is 20.7 Å². The third-order valence-corrected chi connectivity index (χ3v) is 8.26. The summed E-state index contributed by atoms with van der Waals surface area (Å²) in [6.07, 6.45) is 5.65. The molecule has 2 amide bonds. The van der Waals surface area contributed by atoms with Gasteiger partial charge in [-0.2, -0.15) is 0 Å². The van der Waals surface area contributed by atoms with Crippen LogP contribution in [-0.2, 0) is 5.41 Å². The van der Waals surface area contributed by atoms with E-state index in [4.69, 9.17) is 10.5 Å². The van der Waals surface area contributed by atoms with Crippen LogP contribution in [0.4, 0.5) is 17.2 Å². The van der Waals surface area contributed by atoms with Gasteiger partial charge in [-0.15, -0.1) is 0 Å². The number of nitrogen functional groups attached to an aromatic ring is 1. The molecule has 38 heavy (non-hydrogen) atoms. The summed E-state index contributed by atoms with van der Waals surface area (Å²) in [4.78, 5) is 35.0. The molecule has 0 aliphatic carbocycles. The molecule has 8 nitrogen and oxygen atoms in total. The number of nitrogens with zero attached hydrogens (tertiary/aromatic N) is 3. The van der Waals surface area contributed by atoms with Gasteiger partial charge < -0.3 is 25.6 Å². The molecule has 8 heteroatoms. The van der Waals surface area contributed by atoms with Gasteiger partial charge in [-0.3, -0.25) is 9.59 Å². The van der Waals surface area contributed by atoms with Crippen molar-refractivity contribution < 1.29 is 14.3 Å². The molecule has 196 valence electrons. The van der Waals surface area contributed by atoms with Crippen LogP contribution in [0.1, 0.15) is 57.5 Å². The Bertz CT molecular complexity index is 1370. The van der Waals surface area contributed by atoms with Gasteiger partial charge in [0.05, 0.1) is 12.2 Å². The zero-order chi connectivity index (χ0) is 26.3. The van der Waals surface area contributed by atoms with Crippen LogP contribution in [0.15, 0.2) is 54.7 Å². The van der Waals surface area contributed by atoms with Crippen molar-refractivity contribution in [1.29, 1.82) is 0 Å². The maximum atomic E-state index is 13.4. The van der Waals surface area contributed by atoms with Gasteiger partial charge in [0.1, 0.15) is 11.6 Å². The fourth-order valence-corrected chi connectivity index (χ4v) is 5.86. The quantitative estimate of drug-likeness (QED) is 0.504. The second-order valence-electron chi connectivity index (χ2n) is 10.7. The van der Waals surface area contributed by atoms with Crippen LogP contribution in [-0.4, -0.2) is 54.5 Å². The maximum Gasteiger partial charge on any atom is 0.257 e. The van der Waals surface area contributed by atoms with Crippen molar-refractivity contribution in [3.05, 3.63) is 77.0 Å². The first-order valence-electron chi connectivity index (χ1n) is 13.4. The molecule has 3 N–H and O–H groups in total. The van der Waals surface area contributed by atoms with E-state index in [1.165, 1.54) is 18.4 Å². The molecular weight excluding hydrogens is 478 g/mol. The van der Waals surface area contributed by atoms with Crippen molar-refractivity contribution in [1.82, 2.24) is 9.88 Å². The number of aromatic nitrogens is 1. The fraction of sp³-hybridized carbons (Fsp3) is 0.367. The van der Waals surface area contributed by atoms with E-state index in [1.807, 2.05) is 48.2 Å². The van der Waals surface area contributed by atoms with Crippen molar-refractivity contribution in [2.24, 2.45) is 0 Å². The van der Waals surface area contributed by atoms with Gasteiger partial charge in [-0.25, -0.2) is 4.98 Å². The Hall–Kier alpha value is -4.07. The predicted molar refractivity (Wildman–Crippen MR) is 148 cm³/mol. The maximum absolute atomic E-state index is 13.4. The summed E-state index contributed by atoms with van der Waals surface area (Å²) >= 11 is 0. The molecule has 2 aromatic carbocycles. The van der Waals surface area contributed by atoms with Gasteiger partial charge >= 0.3 is 0 Å². The number of pyridine rings is 1. The third kappa shape index (κ3) is 4.44. The van der Waals surface area contributed by atoms with Crippen LogP contribution in [0.5, 0.6) is 5.75 Å². The minimum Gasteiger partial charge on any atom is -0.492 e.